The maximum absolute atomic E-state index is 12.2. The molecule has 1 fully saturated rings. The lowest BCUT2D eigenvalue weighted by molar-refractivity contribution is -0.119. The van der Waals surface area contributed by atoms with Gasteiger partial charge in [0.05, 0.1) is 17.9 Å². The number of piperidine rings is 1. The number of amides is 1. The van der Waals surface area contributed by atoms with Crippen LogP contribution in [0.5, 0.6) is 0 Å². The fourth-order valence-electron chi connectivity index (χ4n) is 2.26. The zero-order chi connectivity index (χ0) is 13.1. The number of carbonyl (C=O) groups is 1. The number of rotatable bonds is 2. The maximum Gasteiger partial charge on any atom is 0.241 e. The first kappa shape index (κ1) is 13.3. The van der Waals surface area contributed by atoms with Crippen molar-refractivity contribution in [2.24, 2.45) is 5.92 Å². The third kappa shape index (κ3) is 3.00. The lowest BCUT2D eigenvalue weighted by atomic mass is 9.92. The van der Waals surface area contributed by atoms with Crippen molar-refractivity contribution in [1.29, 1.82) is 0 Å². The van der Waals surface area contributed by atoms with Gasteiger partial charge in [-0.1, -0.05) is 18.5 Å². The van der Waals surface area contributed by atoms with Crippen LogP contribution >= 0.6 is 11.6 Å². The lowest BCUT2D eigenvalue weighted by Crippen LogP contribution is -2.48. The van der Waals surface area contributed by atoms with Crippen LogP contribution in [0.4, 0.5) is 5.69 Å². The molecule has 0 aromatic carbocycles. The number of nitrogens with zero attached hydrogens (tertiary/aromatic N) is 1. The van der Waals surface area contributed by atoms with Crippen LogP contribution in [0.15, 0.2) is 12.3 Å². The first-order valence-corrected chi connectivity index (χ1v) is 6.62. The van der Waals surface area contributed by atoms with E-state index in [1.807, 2.05) is 6.92 Å². The number of carbonyl (C=O) groups excluding carboxylic acids is 1. The molecule has 2 heterocycles. The molecule has 2 N–H and O–H groups in total. The molecule has 2 atom stereocenters. The van der Waals surface area contributed by atoms with Gasteiger partial charge in [0.2, 0.25) is 5.91 Å². The summed E-state index contributed by atoms with van der Waals surface area (Å²) < 4.78 is 0. The van der Waals surface area contributed by atoms with E-state index in [2.05, 4.69) is 22.5 Å². The fourth-order valence-corrected chi connectivity index (χ4v) is 2.48. The Morgan fingerprint density at radius 1 is 1.61 bits per heavy atom. The molecule has 0 bridgehead atoms. The summed E-state index contributed by atoms with van der Waals surface area (Å²) in [6.45, 7) is 4.91. The van der Waals surface area contributed by atoms with E-state index < -0.39 is 0 Å². The van der Waals surface area contributed by atoms with Crippen molar-refractivity contribution in [3.63, 3.8) is 0 Å². The molecule has 1 aromatic heterocycles. The first-order valence-electron chi connectivity index (χ1n) is 6.24. The van der Waals surface area contributed by atoms with Crippen LogP contribution in [0.1, 0.15) is 25.3 Å². The van der Waals surface area contributed by atoms with Crippen molar-refractivity contribution >= 4 is 23.2 Å². The maximum atomic E-state index is 12.2. The van der Waals surface area contributed by atoms with Crippen LogP contribution in [0, 0.1) is 12.8 Å². The summed E-state index contributed by atoms with van der Waals surface area (Å²) in [5.41, 5.74) is 1.65. The van der Waals surface area contributed by atoms with Crippen LogP contribution in [0.3, 0.4) is 0 Å². The number of hydrogen-bond donors (Lipinski definition) is 2. The van der Waals surface area contributed by atoms with Crippen molar-refractivity contribution in [3.8, 4) is 0 Å². The standard InChI is InChI=1S/C13H18ClN3O/c1-8-4-3-5-15-12(8)13(18)17-10-7-16-11(14)6-9(10)2/h6-8,12,15H,3-5H2,1-2H3,(H,17,18). The van der Waals surface area contributed by atoms with Gasteiger partial charge >= 0.3 is 0 Å². The highest BCUT2D eigenvalue weighted by Gasteiger charge is 2.27. The zero-order valence-electron chi connectivity index (χ0n) is 10.7. The summed E-state index contributed by atoms with van der Waals surface area (Å²) in [4.78, 5) is 16.2. The van der Waals surface area contributed by atoms with Gasteiger partial charge in [0.25, 0.3) is 0 Å². The second-order valence-corrected chi connectivity index (χ2v) is 5.25. The number of aryl methyl sites for hydroxylation is 1. The Morgan fingerprint density at radius 2 is 2.39 bits per heavy atom. The smallest absolute Gasteiger partial charge is 0.241 e. The molecule has 2 unspecified atom stereocenters. The average Bonchev–Trinajstić information content (AvgIpc) is 2.33. The quantitative estimate of drug-likeness (QED) is 0.809. The number of hydrogen-bond acceptors (Lipinski definition) is 3. The number of aromatic nitrogens is 1. The number of nitrogens with one attached hydrogen (secondary N) is 2. The highest BCUT2D eigenvalue weighted by atomic mass is 35.5. The number of pyridine rings is 1. The summed E-state index contributed by atoms with van der Waals surface area (Å²) in [6.07, 6.45) is 3.82. The molecular formula is C13H18ClN3O. The number of anilines is 1. The minimum Gasteiger partial charge on any atom is -0.323 e. The van der Waals surface area contributed by atoms with E-state index in [-0.39, 0.29) is 11.9 Å². The van der Waals surface area contributed by atoms with Crippen LogP contribution in [0.2, 0.25) is 5.15 Å². The van der Waals surface area contributed by atoms with Gasteiger partial charge < -0.3 is 10.6 Å². The molecular weight excluding hydrogens is 250 g/mol. The van der Waals surface area contributed by atoms with Gasteiger partial charge in [-0.3, -0.25) is 4.79 Å². The molecule has 4 nitrogen and oxygen atoms in total. The van der Waals surface area contributed by atoms with E-state index in [9.17, 15) is 4.79 Å². The first-order chi connectivity index (χ1) is 8.58. The zero-order valence-corrected chi connectivity index (χ0v) is 11.4. The van der Waals surface area contributed by atoms with Crippen molar-refractivity contribution in [2.45, 2.75) is 32.7 Å². The summed E-state index contributed by atoms with van der Waals surface area (Å²) in [5, 5.41) is 6.62. The van der Waals surface area contributed by atoms with Crippen molar-refractivity contribution in [2.75, 3.05) is 11.9 Å². The summed E-state index contributed by atoms with van der Waals surface area (Å²) in [5.74, 6) is 0.369. The van der Waals surface area contributed by atoms with Crippen LogP contribution in [0.25, 0.3) is 0 Å². The Balaban J connectivity index is 2.06. The van der Waals surface area contributed by atoms with Crippen molar-refractivity contribution in [3.05, 3.63) is 23.0 Å². The minimum atomic E-state index is -0.117. The van der Waals surface area contributed by atoms with Gasteiger partial charge in [-0.15, -0.1) is 0 Å². The monoisotopic (exact) mass is 267 g/mol. The molecule has 0 radical (unpaired) electrons. The largest absolute Gasteiger partial charge is 0.323 e. The van der Waals surface area contributed by atoms with E-state index >= 15 is 0 Å². The summed E-state index contributed by atoms with van der Waals surface area (Å²) in [6, 6.07) is 1.63. The molecule has 1 aromatic rings. The van der Waals surface area contributed by atoms with Crippen LogP contribution in [-0.2, 0) is 4.79 Å². The predicted octanol–water partition coefficient (Wildman–Crippen LogP) is 2.37. The van der Waals surface area contributed by atoms with Crippen molar-refractivity contribution in [1.82, 2.24) is 10.3 Å². The Hall–Kier alpha value is -1.13. The molecule has 5 heteroatoms. The van der Waals surface area contributed by atoms with Gasteiger partial charge in [0, 0.05) is 0 Å². The summed E-state index contributed by atoms with van der Waals surface area (Å²) in [7, 11) is 0. The Morgan fingerprint density at radius 3 is 3.06 bits per heavy atom. The van der Waals surface area contributed by atoms with E-state index in [0.717, 1.165) is 30.6 Å². The molecule has 1 amide bonds. The fraction of sp³-hybridized carbons (Fsp3) is 0.538. The van der Waals surface area contributed by atoms with E-state index in [4.69, 9.17) is 11.6 Å². The molecule has 1 aliphatic heterocycles. The second-order valence-electron chi connectivity index (χ2n) is 4.86. The van der Waals surface area contributed by atoms with Gasteiger partial charge in [-0.25, -0.2) is 4.98 Å². The molecule has 0 spiro atoms. The third-order valence-electron chi connectivity index (χ3n) is 3.39. The predicted molar refractivity (Wildman–Crippen MR) is 72.8 cm³/mol. The van der Waals surface area contributed by atoms with E-state index in [1.54, 1.807) is 12.3 Å². The highest BCUT2D eigenvalue weighted by molar-refractivity contribution is 6.29. The Bertz CT molecular complexity index is 450. The van der Waals surface area contributed by atoms with Gasteiger partial charge in [0.15, 0.2) is 0 Å². The molecule has 1 aliphatic rings. The Labute approximate surface area is 112 Å². The third-order valence-corrected chi connectivity index (χ3v) is 3.59. The molecule has 0 saturated carbocycles. The van der Waals surface area contributed by atoms with Gasteiger partial charge in [-0.2, -0.15) is 0 Å². The molecule has 18 heavy (non-hydrogen) atoms. The highest BCUT2D eigenvalue weighted by Crippen LogP contribution is 2.20. The normalized spacial score (nSPS) is 23.7. The number of halogens is 1. The van der Waals surface area contributed by atoms with Gasteiger partial charge in [0.1, 0.15) is 5.15 Å². The van der Waals surface area contributed by atoms with Gasteiger partial charge in [-0.05, 0) is 43.9 Å². The van der Waals surface area contributed by atoms with Crippen molar-refractivity contribution < 1.29 is 4.79 Å². The topological polar surface area (TPSA) is 54.0 Å². The lowest BCUT2D eigenvalue weighted by Gasteiger charge is -2.29. The SMILES string of the molecule is Cc1cc(Cl)ncc1NC(=O)C1NCCCC1C. The minimum absolute atomic E-state index is 0.00872. The van der Waals surface area contributed by atoms with E-state index in [0.29, 0.717) is 11.1 Å². The summed E-state index contributed by atoms with van der Waals surface area (Å²) >= 11 is 5.79. The molecule has 0 aliphatic carbocycles. The van der Waals surface area contributed by atoms with Crippen LogP contribution < -0.4 is 10.6 Å². The van der Waals surface area contributed by atoms with E-state index in [1.165, 1.54) is 0 Å². The Kier molecular flexibility index (Phi) is 4.19. The average molecular weight is 268 g/mol. The van der Waals surface area contributed by atoms with Crippen LogP contribution in [-0.4, -0.2) is 23.5 Å². The molecule has 1 saturated heterocycles. The molecule has 98 valence electrons. The molecule has 2 rings (SSSR count). The second kappa shape index (κ2) is 5.67.